The Morgan fingerprint density at radius 1 is 1.00 bits per heavy atom. The molecule has 0 saturated carbocycles. The molecule has 2 N–H and O–H groups in total. The molecule has 0 atom stereocenters. The molecule has 1 aromatic heterocycles. The molecule has 78 valence electrons. The number of H-pyrrole nitrogens is 1. The van der Waals surface area contributed by atoms with E-state index in [0.29, 0.717) is 0 Å². The van der Waals surface area contributed by atoms with Crippen molar-refractivity contribution in [1.82, 2.24) is 4.98 Å². The molecule has 0 aliphatic rings. The molecule has 0 aliphatic heterocycles. The predicted octanol–water partition coefficient (Wildman–Crippen LogP) is 3.02. The fourth-order valence-electron chi connectivity index (χ4n) is 1.94. The second kappa shape index (κ2) is 3.10. The first-order chi connectivity index (χ1) is 7.74. The summed E-state index contributed by atoms with van der Waals surface area (Å²) >= 11 is 0. The summed E-state index contributed by atoms with van der Waals surface area (Å²) in [6.45, 7) is 0. The molecular formula is C13H9NO2. The molecule has 3 aromatic rings. The third-order valence-corrected chi connectivity index (χ3v) is 2.75. The maximum absolute atomic E-state index is 10.8. The quantitative estimate of drug-likeness (QED) is 0.650. The van der Waals surface area contributed by atoms with Gasteiger partial charge in [-0.3, -0.25) is 0 Å². The second-order valence-electron chi connectivity index (χ2n) is 3.79. The van der Waals surface area contributed by atoms with E-state index in [1.54, 1.807) is 12.3 Å². The standard InChI is InChI=1S/C13H9NO2/c15-13(16)12-6-10-4-8-2-1-3-9(8)5-11(10)7-14-12/h1-7,14H,(H,15,16). The van der Waals surface area contributed by atoms with Crippen LogP contribution in [0.2, 0.25) is 0 Å². The van der Waals surface area contributed by atoms with E-state index in [1.807, 2.05) is 30.3 Å². The highest BCUT2D eigenvalue weighted by atomic mass is 16.4. The number of aromatic nitrogens is 1. The third kappa shape index (κ3) is 1.26. The Hall–Kier alpha value is -2.29. The average Bonchev–Trinajstić information content (AvgIpc) is 2.71. The van der Waals surface area contributed by atoms with Crippen molar-refractivity contribution >= 4 is 27.5 Å². The number of carbonyl (C=O) groups is 1. The number of fused-ring (bicyclic) bond motifs is 2. The summed E-state index contributed by atoms with van der Waals surface area (Å²) in [6.07, 6.45) is 1.73. The number of nitrogens with one attached hydrogen (secondary N) is 1. The number of aromatic carboxylic acids is 1. The van der Waals surface area contributed by atoms with Gasteiger partial charge in [-0.15, -0.1) is 0 Å². The van der Waals surface area contributed by atoms with Crippen LogP contribution in [0.3, 0.4) is 0 Å². The first kappa shape index (κ1) is 8.97. The van der Waals surface area contributed by atoms with Crippen LogP contribution in [0, 0.1) is 0 Å². The van der Waals surface area contributed by atoms with Gasteiger partial charge in [0, 0.05) is 6.20 Å². The number of hydrogen-bond donors (Lipinski definition) is 2. The molecule has 0 fully saturated rings. The first-order valence-corrected chi connectivity index (χ1v) is 4.98. The average molecular weight is 211 g/mol. The van der Waals surface area contributed by atoms with Crippen LogP contribution in [-0.4, -0.2) is 16.1 Å². The van der Waals surface area contributed by atoms with E-state index in [2.05, 4.69) is 4.98 Å². The molecule has 0 aliphatic carbocycles. The van der Waals surface area contributed by atoms with Crippen LogP contribution < -0.4 is 0 Å². The number of benzene rings is 1. The van der Waals surface area contributed by atoms with Gasteiger partial charge < -0.3 is 10.1 Å². The molecule has 0 amide bonds. The maximum Gasteiger partial charge on any atom is 0.352 e. The Balaban J connectivity index is 2.37. The van der Waals surface area contributed by atoms with Crippen molar-refractivity contribution in [3.05, 3.63) is 48.3 Å². The number of pyridine rings is 1. The minimum atomic E-state index is -0.940. The smallest absolute Gasteiger partial charge is 0.352 e. The third-order valence-electron chi connectivity index (χ3n) is 2.75. The molecule has 2 aromatic carbocycles. The lowest BCUT2D eigenvalue weighted by molar-refractivity contribution is 0.0691. The van der Waals surface area contributed by atoms with Gasteiger partial charge in [0.05, 0.1) is 0 Å². The van der Waals surface area contributed by atoms with Gasteiger partial charge in [0.25, 0.3) is 0 Å². The summed E-state index contributed by atoms with van der Waals surface area (Å²) in [5, 5.41) is 13.1. The van der Waals surface area contributed by atoms with Crippen molar-refractivity contribution in [3.63, 3.8) is 0 Å². The topological polar surface area (TPSA) is 53.1 Å². The number of rotatable bonds is 1. The second-order valence-corrected chi connectivity index (χ2v) is 3.79. The van der Waals surface area contributed by atoms with Crippen LogP contribution >= 0.6 is 0 Å². The van der Waals surface area contributed by atoms with E-state index >= 15 is 0 Å². The SMILES string of the molecule is O=C(O)c1cc2cc3cccc3cc2c[nH]1. The molecule has 3 nitrogen and oxygen atoms in total. The zero-order valence-electron chi connectivity index (χ0n) is 8.40. The minimum absolute atomic E-state index is 0.207. The van der Waals surface area contributed by atoms with Gasteiger partial charge in [-0.25, -0.2) is 4.79 Å². The van der Waals surface area contributed by atoms with Crippen molar-refractivity contribution in [2.45, 2.75) is 0 Å². The van der Waals surface area contributed by atoms with Crippen molar-refractivity contribution in [2.75, 3.05) is 0 Å². The van der Waals surface area contributed by atoms with Gasteiger partial charge in [0.2, 0.25) is 0 Å². The maximum atomic E-state index is 10.8. The lowest BCUT2D eigenvalue weighted by Crippen LogP contribution is -1.98. The van der Waals surface area contributed by atoms with Gasteiger partial charge in [-0.1, -0.05) is 18.2 Å². The summed E-state index contributed by atoms with van der Waals surface area (Å²) in [5.74, 6) is -0.940. The van der Waals surface area contributed by atoms with Gasteiger partial charge in [0.15, 0.2) is 0 Å². The van der Waals surface area contributed by atoms with Crippen molar-refractivity contribution in [3.8, 4) is 0 Å². The van der Waals surface area contributed by atoms with Crippen LogP contribution in [-0.2, 0) is 0 Å². The zero-order chi connectivity index (χ0) is 11.1. The summed E-state index contributed by atoms with van der Waals surface area (Å²) in [5.41, 5.74) is 0.207. The van der Waals surface area contributed by atoms with Crippen molar-refractivity contribution in [2.24, 2.45) is 0 Å². The lowest BCUT2D eigenvalue weighted by atomic mass is 10.1. The fraction of sp³-hybridized carbons (Fsp3) is 0. The Kier molecular flexibility index (Phi) is 1.74. The van der Waals surface area contributed by atoms with Crippen molar-refractivity contribution in [1.29, 1.82) is 0 Å². The Labute approximate surface area is 91.3 Å². The minimum Gasteiger partial charge on any atom is -0.477 e. The van der Waals surface area contributed by atoms with Gasteiger partial charge in [-0.2, -0.15) is 0 Å². The highest BCUT2D eigenvalue weighted by Gasteiger charge is 2.04. The molecule has 3 heteroatoms. The zero-order valence-corrected chi connectivity index (χ0v) is 8.40. The summed E-state index contributed by atoms with van der Waals surface area (Å²) in [7, 11) is 0. The first-order valence-electron chi connectivity index (χ1n) is 4.98. The van der Waals surface area contributed by atoms with Gasteiger partial charge >= 0.3 is 5.97 Å². The van der Waals surface area contributed by atoms with E-state index in [1.165, 1.54) is 5.39 Å². The van der Waals surface area contributed by atoms with Gasteiger partial charge in [0.1, 0.15) is 5.69 Å². The highest BCUT2D eigenvalue weighted by Crippen LogP contribution is 2.23. The number of carboxylic acids is 1. The van der Waals surface area contributed by atoms with E-state index in [0.717, 1.165) is 16.2 Å². The van der Waals surface area contributed by atoms with Crippen LogP contribution in [0.15, 0.2) is 42.6 Å². The summed E-state index contributed by atoms with van der Waals surface area (Å²) < 4.78 is 0. The molecule has 0 saturated heterocycles. The lowest BCUT2D eigenvalue weighted by Gasteiger charge is -2.01. The number of carboxylic acid groups (broad SMARTS) is 1. The molecule has 16 heavy (non-hydrogen) atoms. The van der Waals surface area contributed by atoms with Crippen LogP contribution in [0.25, 0.3) is 21.5 Å². The molecule has 0 spiro atoms. The molecule has 0 bridgehead atoms. The molecule has 0 radical (unpaired) electrons. The summed E-state index contributed by atoms with van der Waals surface area (Å²) in [6, 6.07) is 11.8. The van der Waals surface area contributed by atoms with E-state index in [4.69, 9.17) is 5.11 Å². The normalized spacial score (nSPS) is 11.0. The largest absolute Gasteiger partial charge is 0.477 e. The molecular weight excluding hydrogens is 202 g/mol. The Morgan fingerprint density at radius 3 is 2.38 bits per heavy atom. The van der Waals surface area contributed by atoms with E-state index in [9.17, 15) is 4.79 Å². The van der Waals surface area contributed by atoms with E-state index < -0.39 is 5.97 Å². The molecule has 1 heterocycles. The van der Waals surface area contributed by atoms with E-state index in [-0.39, 0.29) is 5.69 Å². The Bertz CT molecular complexity index is 697. The predicted molar refractivity (Wildman–Crippen MR) is 62.8 cm³/mol. The van der Waals surface area contributed by atoms with Gasteiger partial charge in [-0.05, 0) is 39.7 Å². The van der Waals surface area contributed by atoms with Crippen LogP contribution in [0.4, 0.5) is 0 Å². The highest BCUT2D eigenvalue weighted by molar-refractivity contribution is 6.00. The van der Waals surface area contributed by atoms with Crippen molar-refractivity contribution < 1.29 is 9.90 Å². The molecule has 0 unspecified atom stereocenters. The fourth-order valence-corrected chi connectivity index (χ4v) is 1.94. The van der Waals surface area contributed by atoms with Crippen LogP contribution in [0.1, 0.15) is 10.5 Å². The molecule has 3 rings (SSSR count). The van der Waals surface area contributed by atoms with Crippen LogP contribution in [0.5, 0.6) is 0 Å². The number of aromatic amines is 1. The monoisotopic (exact) mass is 211 g/mol. The Morgan fingerprint density at radius 2 is 1.69 bits per heavy atom. The number of hydrogen-bond acceptors (Lipinski definition) is 1. The summed E-state index contributed by atoms with van der Waals surface area (Å²) in [4.78, 5) is 13.6.